The summed E-state index contributed by atoms with van der Waals surface area (Å²) in [5.74, 6) is -1.06. The first-order valence-corrected chi connectivity index (χ1v) is 5.85. The topological polar surface area (TPSA) is 66.8 Å². The van der Waals surface area contributed by atoms with Crippen molar-refractivity contribution in [3.63, 3.8) is 0 Å². The maximum Gasteiger partial charge on any atom is 0.410 e. The van der Waals surface area contributed by atoms with E-state index in [1.807, 2.05) is 0 Å². The first-order valence-electron chi connectivity index (χ1n) is 5.85. The Morgan fingerprint density at radius 3 is 2.17 bits per heavy atom. The van der Waals surface area contributed by atoms with Crippen molar-refractivity contribution < 1.29 is 19.4 Å². The Hall–Kier alpha value is -1.52. The van der Waals surface area contributed by atoms with Gasteiger partial charge >= 0.3 is 12.1 Å². The Balaban J connectivity index is 4.97. The highest BCUT2D eigenvalue weighted by atomic mass is 16.6. The molecule has 1 atom stereocenters. The Kier molecular flexibility index (Phi) is 5.39. The number of allylic oxidation sites excluding steroid dienone is 1. The molecule has 0 aromatic rings. The van der Waals surface area contributed by atoms with Crippen LogP contribution in [0.4, 0.5) is 4.79 Å². The minimum absolute atomic E-state index is 0.293. The first-order chi connectivity index (χ1) is 8.04. The van der Waals surface area contributed by atoms with Gasteiger partial charge in [-0.25, -0.2) is 9.59 Å². The van der Waals surface area contributed by atoms with Gasteiger partial charge in [-0.1, -0.05) is 6.08 Å². The molecule has 0 saturated heterocycles. The van der Waals surface area contributed by atoms with Crippen LogP contribution in [0.15, 0.2) is 12.7 Å². The van der Waals surface area contributed by atoms with Gasteiger partial charge in [0, 0.05) is 7.05 Å². The normalized spacial score (nSPS) is 14.5. The third kappa shape index (κ3) is 4.39. The van der Waals surface area contributed by atoms with E-state index in [-0.39, 0.29) is 0 Å². The maximum atomic E-state index is 11.9. The zero-order valence-electron chi connectivity index (χ0n) is 11.8. The molecular formula is C13H23NO4. The summed E-state index contributed by atoms with van der Waals surface area (Å²) in [4.78, 5) is 24.4. The lowest BCUT2D eigenvalue weighted by Gasteiger charge is -2.36. The number of hydrogen-bond donors (Lipinski definition) is 1. The van der Waals surface area contributed by atoms with Crippen molar-refractivity contribution in [1.82, 2.24) is 4.90 Å². The maximum absolute atomic E-state index is 11.9. The molecule has 18 heavy (non-hydrogen) atoms. The Labute approximate surface area is 108 Å². The van der Waals surface area contributed by atoms with Crippen molar-refractivity contribution in [2.24, 2.45) is 0 Å². The monoisotopic (exact) mass is 257 g/mol. The fourth-order valence-electron chi connectivity index (χ4n) is 1.33. The number of hydrogen-bond acceptors (Lipinski definition) is 3. The number of carboxylic acid groups (broad SMARTS) is 1. The average Bonchev–Trinajstić information content (AvgIpc) is 2.22. The summed E-state index contributed by atoms with van der Waals surface area (Å²) in [5, 5.41) is 9.29. The van der Waals surface area contributed by atoms with Crippen LogP contribution < -0.4 is 0 Å². The number of amides is 1. The molecule has 5 heteroatoms. The molecule has 0 aromatic heterocycles. The summed E-state index contributed by atoms with van der Waals surface area (Å²) in [6, 6.07) is 0. The van der Waals surface area contributed by atoms with E-state index in [1.54, 1.807) is 26.8 Å². The number of carbonyl (C=O) groups is 2. The Morgan fingerprint density at radius 2 is 1.83 bits per heavy atom. The molecule has 0 bridgehead atoms. The van der Waals surface area contributed by atoms with E-state index in [1.165, 1.54) is 14.0 Å². The zero-order valence-corrected chi connectivity index (χ0v) is 11.8. The van der Waals surface area contributed by atoms with Crippen LogP contribution in [0.3, 0.4) is 0 Å². The molecule has 1 amide bonds. The number of carbonyl (C=O) groups excluding carboxylic acids is 1. The number of rotatable bonds is 5. The van der Waals surface area contributed by atoms with Gasteiger partial charge in [0.15, 0.2) is 0 Å². The van der Waals surface area contributed by atoms with Crippen molar-refractivity contribution in [3.8, 4) is 0 Å². The van der Waals surface area contributed by atoms with E-state index in [0.717, 1.165) is 4.90 Å². The summed E-state index contributed by atoms with van der Waals surface area (Å²) in [7, 11) is 1.44. The van der Waals surface area contributed by atoms with E-state index < -0.39 is 23.2 Å². The molecule has 0 heterocycles. The average molecular weight is 257 g/mol. The number of carboxylic acids is 1. The number of likely N-dealkylation sites (N-methyl/N-ethyl adjacent to an activating group) is 1. The summed E-state index contributed by atoms with van der Waals surface area (Å²) < 4.78 is 5.17. The molecule has 0 fully saturated rings. The zero-order chi connectivity index (χ0) is 14.6. The molecule has 1 unspecified atom stereocenters. The molecule has 5 nitrogen and oxygen atoms in total. The lowest BCUT2D eigenvalue weighted by Crippen LogP contribution is -2.54. The van der Waals surface area contributed by atoms with E-state index in [4.69, 9.17) is 4.74 Å². The van der Waals surface area contributed by atoms with Crippen LogP contribution in [-0.2, 0) is 9.53 Å². The highest BCUT2D eigenvalue weighted by molar-refractivity contribution is 5.83. The smallest absolute Gasteiger partial charge is 0.410 e. The fourth-order valence-corrected chi connectivity index (χ4v) is 1.33. The van der Waals surface area contributed by atoms with Crippen LogP contribution in [-0.4, -0.2) is 40.3 Å². The van der Waals surface area contributed by atoms with Crippen molar-refractivity contribution in [2.75, 3.05) is 7.05 Å². The molecule has 0 aliphatic rings. The van der Waals surface area contributed by atoms with Crippen molar-refractivity contribution in [3.05, 3.63) is 12.7 Å². The second-order valence-corrected chi connectivity index (χ2v) is 5.45. The number of ether oxygens (including phenoxy) is 1. The third-order valence-corrected chi connectivity index (χ3v) is 2.70. The molecule has 0 saturated carbocycles. The second-order valence-electron chi connectivity index (χ2n) is 5.45. The quantitative estimate of drug-likeness (QED) is 0.769. The van der Waals surface area contributed by atoms with Crippen molar-refractivity contribution in [2.45, 2.75) is 51.7 Å². The van der Waals surface area contributed by atoms with Crippen LogP contribution in [0.2, 0.25) is 0 Å². The van der Waals surface area contributed by atoms with Crippen molar-refractivity contribution >= 4 is 12.1 Å². The lowest BCUT2D eigenvalue weighted by molar-refractivity contribution is -0.149. The number of nitrogens with zero attached hydrogens (tertiary/aromatic N) is 1. The van der Waals surface area contributed by atoms with E-state index in [9.17, 15) is 14.7 Å². The van der Waals surface area contributed by atoms with Crippen LogP contribution in [0.5, 0.6) is 0 Å². The van der Waals surface area contributed by atoms with Gasteiger partial charge in [-0.2, -0.15) is 0 Å². The van der Waals surface area contributed by atoms with Crippen LogP contribution in [0.1, 0.15) is 40.5 Å². The van der Waals surface area contributed by atoms with Crippen LogP contribution in [0, 0.1) is 0 Å². The van der Waals surface area contributed by atoms with Gasteiger partial charge in [0.2, 0.25) is 0 Å². The third-order valence-electron chi connectivity index (χ3n) is 2.70. The van der Waals surface area contributed by atoms with Gasteiger partial charge in [-0.05, 0) is 40.5 Å². The van der Waals surface area contributed by atoms with Gasteiger partial charge in [0.25, 0.3) is 0 Å². The molecule has 0 aliphatic heterocycles. The molecule has 104 valence electrons. The van der Waals surface area contributed by atoms with Crippen molar-refractivity contribution in [1.29, 1.82) is 0 Å². The molecule has 1 N–H and O–H groups in total. The largest absolute Gasteiger partial charge is 0.480 e. The summed E-state index contributed by atoms with van der Waals surface area (Å²) in [6.07, 6.45) is 1.79. The van der Waals surface area contributed by atoms with Crippen LogP contribution in [0.25, 0.3) is 0 Å². The summed E-state index contributed by atoms with van der Waals surface area (Å²) in [5.41, 5.74) is -1.94. The highest BCUT2D eigenvalue weighted by Crippen LogP contribution is 2.23. The Bertz CT molecular complexity index is 332. The molecular weight excluding hydrogens is 234 g/mol. The van der Waals surface area contributed by atoms with E-state index in [2.05, 4.69) is 6.58 Å². The standard InChI is InChI=1S/C13H23NO4/c1-7-8-9-13(5,10(15)16)14(6)11(17)18-12(2,3)4/h7H,1,8-9H2,2-6H3,(H,15,16). The minimum atomic E-state index is -1.30. The molecule has 0 spiro atoms. The van der Waals surface area contributed by atoms with Gasteiger partial charge in [0.05, 0.1) is 0 Å². The lowest BCUT2D eigenvalue weighted by atomic mass is 9.94. The van der Waals surface area contributed by atoms with Gasteiger partial charge in [-0.15, -0.1) is 6.58 Å². The fraction of sp³-hybridized carbons (Fsp3) is 0.692. The summed E-state index contributed by atoms with van der Waals surface area (Å²) in [6.45, 7) is 10.3. The van der Waals surface area contributed by atoms with Gasteiger partial charge < -0.3 is 9.84 Å². The van der Waals surface area contributed by atoms with Crippen LogP contribution >= 0.6 is 0 Å². The van der Waals surface area contributed by atoms with E-state index >= 15 is 0 Å². The molecule has 0 aliphatic carbocycles. The van der Waals surface area contributed by atoms with Gasteiger partial charge in [0.1, 0.15) is 11.1 Å². The molecule has 0 radical (unpaired) electrons. The molecule has 0 aromatic carbocycles. The highest BCUT2D eigenvalue weighted by Gasteiger charge is 2.41. The van der Waals surface area contributed by atoms with E-state index in [0.29, 0.717) is 12.8 Å². The number of aliphatic carboxylic acids is 1. The molecule has 0 rings (SSSR count). The Morgan fingerprint density at radius 1 is 1.33 bits per heavy atom. The SMILES string of the molecule is C=CCCC(C)(C(=O)O)N(C)C(=O)OC(C)(C)C. The summed E-state index contributed by atoms with van der Waals surface area (Å²) >= 11 is 0. The minimum Gasteiger partial charge on any atom is -0.480 e. The first kappa shape index (κ1) is 16.5. The predicted octanol–water partition coefficient (Wildman–Crippen LogP) is 2.66. The predicted molar refractivity (Wildman–Crippen MR) is 69.5 cm³/mol. The second kappa shape index (κ2) is 5.89. The van der Waals surface area contributed by atoms with Gasteiger partial charge in [-0.3, -0.25) is 4.90 Å².